The Morgan fingerprint density at radius 1 is 1.06 bits per heavy atom. The first-order valence-corrected chi connectivity index (χ1v) is 6.22. The highest BCUT2D eigenvalue weighted by atomic mass is 16.3. The van der Waals surface area contributed by atoms with E-state index in [1.54, 1.807) is 0 Å². The summed E-state index contributed by atoms with van der Waals surface area (Å²) in [6.07, 6.45) is 5.28. The van der Waals surface area contributed by atoms with Crippen LogP contribution in [0.1, 0.15) is 38.5 Å². The Bertz CT molecular complexity index is 266. The van der Waals surface area contributed by atoms with Crippen molar-refractivity contribution in [2.75, 3.05) is 13.2 Å². The lowest BCUT2D eigenvalue weighted by Gasteiger charge is -2.19. The van der Waals surface area contributed by atoms with Gasteiger partial charge in [0.15, 0.2) is 0 Å². The summed E-state index contributed by atoms with van der Waals surface area (Å²) in [5, 5.41) is 8.69. The molecule has 0 aromatic carbocycles. The van der Waals surface area contributed by atoms with Gasteiger partial charge in [-0.1, -0.05) is 12.8 Å². The third kappa shape index (κ3) is 1.98. The third-order valence-corrected chi connectivity index (χ3v) is 3.72. The van der Waals surface area contributed by atoms with Gasteiger partial charge >= 0.3 is 0 Å². The minimum Gasteiger partial charge on any atom is -0.396 e. The topological polar surface area (TPSA) is 57.6 Å². The largest absolute Gasteiger partial charge is 0.396 e. The number of aliphatic hydroxyl groups excluding tert-OH is 1. The van der Waals surface area contributed by atoms with Gasteiger partial charge in [0.05, 0.1) is 11.8 Å². The van der Waals surface area contributed by atoms with Crippen LogP contribution in [-0.4, -0.2) is 35.0 Å². The lowest BCUT2D eigenvalue weighted by atomic mass is 9.81. The first kappa shape index (κ1) is 11.6. The molecule has 1 N–H and O–H groups in total. The van der Waals surface area contributed by atoms with Crippen LogP contribution in [0.3, 0.4) is 0 Å². The highest BCUT2D eigenvalue weighted by Crippen LogP contribution is 2.37. The number of aliphatic hydroxyl groups is 1. The van der Waals surface area contributed by atoms with E-state index >= 15 is 0 Å². The van der Waals surface area contributed by atoms with Crippen LogP contribution >= 0.6 is 0 Å². The predicted octanol–water partition coefficient (Wildman–Crippen LogP) is 0.934. The molecule has 1 aliphatic heterocycles. The zero-order valence-electron chi connectivity index (χ0n) is 9.52. The van der Waals surface area contributed by atoms with E-state index in [-0.39, 0.29) is 30.3 Å². The number of nitrogens with zero attached hydrogens (tertiary/aromatic N) is 1. The van der Waals surface area contributed by atoms with Crippen molar-refractivity contribution >= 4 is 11.8 Å². The third-order valence-electron chi connectivity index (χ3n) is 3.72. The first-order valence-electron chi connectivity index (χ1n) is 6.22. The van der Waals surface area contributed by atoms with Crippen LogP contribution in [0.2, 0.25) is 0 Å². The molecule has 0 bridgehead atoms. The second kappa shape index (κ2) is 4.95. The van der Waals surface area contributed by atoms with Gasteiger partial charge in [0, 0.05) is 13.2 Å². The van der Waals surface area contributed by atoms with Gasteiger partial charge in [0.2, 0.25) is 11.8 Å². The Morgan fingerprint density at radius 3 is 2.12 bits per heavy atom. The molecular formula is C12H19NO3. The van der Waals surface area contributed by atoms with E-state index in [1.165, 1.54) is 4.90 Å². The summed E-state index contributed by atoms with van der Waals surface area (Å²) in [4.78, 5) is 25.4. The summed E-state index contributed by atoms with van der Waals surface area (Å²) in [7, 11) is 0. The summed E-state index contributed by atoms with van der Waals surface area (Å²) in [5.41, 5.74) is 0. The lowest BCUT2D eigenvalue weighted by Crippen LogP contribution is -2.32. The van der Waals surface area contributed by atoms with Crippen molar-refractivity contribution < 1.29 is 14.7 Å². The standard InChI is InChI=1S/C12H19NO3/c14-8-4-3-7-13-11(15)9-5-1-2-6-10(9)12(13)16/h9-10,14H,1-8H2/t9-,10+. The molecule has 2 aliphatic rings. The summed E-state index contributed by atoms with van der Waals surface area (Å²) >= 11 is 0. The fraction of sp³-hybridized carbons (Fsp3) is 0.833. The summed E-state index contributed by atoms with van der Waals surface area (Å²) in [6, 6.07) is 0. The number of fused-ring (bicyclic) bond motifs is 1. The van der Waals surface area contributed by atoms with E-state index < -0.39 is 0 Å². The highest BCUT2D eigenvalue weighted by molar-refractivity contribution is 6.05. The maximum absolute atomic E-state index is 12.0. The molecule has 2 rings (SSSR count). The second-order valence-electron chi connectivity index (χ2n) is 4.76. The number of unbranched alkanes of at least 4 members (excludes halogenated alkanes) is 1. The molecule has 0 aromatic rings. The predicted molar refractivity (Wildman–Crippen MR) is 58.5 cm³/mol. The van der Waals surface area contributed by atoms with Crippen molar-refractivity contribution in [3.05, 3.63) is 0 Å². The van der Waals surface area contributed by atoms with Gasteiger partial charge in [0.1, 0.15) is 0 Å². The Hall–Kier alpha value is -0.900. The number of carbonyl (C=O) groups is 2. The van der Waals surface area contributed by atoms with Gasteiger partial charge in [-0.05, 0) is 25.7 Å². The molecule has 2 amide bonds. The average molecular weight is 225 g/mol. The molecule has 2 atom stereocenters. The molecule has 1 saturated heterocycles. The number of amides is 2. The van der Waals surface area contributed by atoms with Gasteiger partial charge in [-0.2, -0.15) is 0 Å². The number of carbonyl (C=O) groups excluding carboxylic acids is 2. The van der Waals surface area contributed by atoms with Crippen molar-refractivity contribution in [3.63, 3.8) is 0 Å². The van der Waals surface area contributed by atoms with Crippen LogP contribution in [0.25, 0.3) is 0 Å². The van der Waals surface area contributed by atoms with Gasteiger partial charge < -0.3 is 5.11 Å². The van der Waals surface area contributed by atoms with Crippen molar-refractivity contribution in [2.24, 2.45) is 11.8 Å². The van der Waals surface area contributed by atoms with E-state index in [9.17, 15) is 9.59 Å². The average Bonchev–Trinajstić information content (AvgIpc) is 2.55. The molecule has 4 heteroatoms. The van der Waals surface area contributed by atoms with Gasteiger partial charge in [0.25, 0.3) is 0 Å². The van der Waals surface area contributed by atoms with Gasteiger partial charge in [-0.25, -0.2) is 0 Å². The molecule has 0 radical (unpaired) electrons. The maximum Gasteiger partial charge on any atom is 0.233 e. The molecule has 4 nitrogen and oxygen atoms in total. The maximum atomic E-state index is 12.0. The number of imide groups is 1. The number of rotatable bonds is 4. The lowest BCUT2D eigenvalue weighted by molar-refractivity contribution is -0.140. The molecular weight excluding hydrogens is 206 g/mol. The van der Waals surface area contributed by atoms with Crippen LogP contribution in [0.15, 0.2) is 0 Å². The van der Waals surface area contributed by atoms with Crippen molar-refractivity contribution in [1.29, 1.82) is 0 Å². The zero-order chi connectivity index (χ0) is 11.5. The van der Waals surface area contributed by atoms with E-state index in [4.69, 9.17) is 5.11 Å². The fourth-order valence-electron chi connectivity index (χ4n) is 2.83. The van der Waals surface area contributed by atoms with E-state index in [0.29, 0.717) is 19.4 Å². The Balaban J connectivity index is 1.98. The monoisotopic (exact) mass is 225 g/mol. The Morgan fingerprint density at radius 2 is 1.62 bits per heavy atom. The molecule has 1 heterocycles. The summed E-state index contributed by atoms with van der Waals surface area (Å²) in [6.45, 7) is 0.619. The van der Waals surface area contributed by atoms with Crippen molar-refractivity contribution in [1.82, 2.24) is 4.90 Å². The van der Waals surface area contributed by atoms with E-state index in [0.717, 1.165) is 25.7 Å². The van der Waals surface area contributed by atoms with Gasteiger partial charge in [-0.3, -0.25) is 14.5 Å². The van der Waals surface area contributed by atoms with Crippen LogP contribution < -0.4 is 0 Å². The van der Waals surface area contributed by atoms with Crippen LogP contribution in [-0.2, 0) is 9.59 Å². The number of hydrogen-bond acceptors (Lipinski definition) is 3. The van der Waals surface area contributed by atoms with Crippen molar-refractivity contribution in [2.45, 2.75) is 38.5 Å². The number of hydrogen-bond donors (Lipinski definition) is 1. The Kier molecular flexibility index (Phi) is 3.59. The van der Waals surface area contributed by atoms with Crippen molar-refractivity contribution in [3.8, 4) is 0 Å². The molecule has 0 aromatic heterocycles. The molecule has 1 aliphatic carbocycles. The summed E-state index contributed by atoms with van der Waals surface area (Å²) < 4.78 is 0. The molecule has 16 heavy (non-hydrogen) atoms. The SMILES string of the molecule is O=C1[C@H]2CCCC[C@H]2C(=O)N1CCCCO. The fourth-order valence-corrected chi connectivity index (χ4v) is 2.83. The molecule has 0 spiro atoms. The molecule has 90 valence electrons. The summed E-state index contributed by atoms with van der Waals surface area (Å²) in [5.74, 6) is 0.00559. The quantitative estimate of drug-likeness (QED) is 0.572. The molecule has 2 fully saturated rings. The van der Waals surface area contributed by atoms with Crippen LogP contribution in [0.5, 0.6) is 0 Å². The smallest absolute Gasteiger partial charge is 0.233 e. The van der Waals surface area contributed by atoms with E-state index in [1.807, 2.05) is 0 Å². The number of likely N-dealkylation sites (tertiary alicyclic amines) is 1. The first-order chi connectivity index (χ1) is 7.75. The molecule has 0 unspecified atom stereocenters. The van der Waals surface area contributed by atoms with E-state index in [2.05, 4.69) is 0 Å². The zero-order valence-corrected chi connectivity index (χ0v) is 9.52. The Labute approximate surface area is 95.6 Å². The minimum absolute atomic E-state index is 0.0321. The minimum atomic E-state index is -0.0321. The highest BCUT2D eigenvalue weighted by Gasteiger charge is 2.47. The van der Waals surface area contributed by atoms with Gasteiger partial charge in [-0.15, -0.1) is 0 Å². The van der Waals surface area contributed by atoms with Crippen LogP contribution in [0, 0.1) is 11.8 Å². The normalized spacial score (nSPS) is 29.7. The second-order valence-corrected chi connectivity index (χ2v) is 4.76. The molecule has 1 saturated carbocycles. The van der Waals surface area contributed by atoms with Crippen LogP contribution in [0.4, 0.5) is 0 Å².